The molecule has 0 aliphatic rings. The van der Waals surface area contributed by atoms with Crippen LogP contribution in [0.5, 0.6) is 0 Å². The Hall–Kier alpha value is -0.120. The molecule has 12 heavy (non-hydrogen) atoms. The van der Waals surface area contributed by atoms with Crippen LogP contribution in [0.3, 0.4) is 0 Å². The van der Waals surface area contributed by atoms with Gasteiger partial charge in [0.05, 0.1) is 19.3 Å². The third-order valence-corrected chi connectivity index (χ3v) is 2.30. The maximum Gasteiger partial charge on any atom is 0.0685 e. The van der Waals surface area contributed by atoms with Crippen LogP contribution in [-0.4, -0.2) is 34.6 Å². The largest absolute Gasteiger partial charge is 0.396 e. The molecule has 0 amide bonds. The van der Waals surface area contributed by atoms with E-state index in [0.717, 1.165) is 0 Å². The van der Waals surface area contributed by atoms with E-state index in [0.29, 0.717) is 0 Å². The highest BCUT2D eigenvalue weighted by Crippen LogP contribution is 2.33. The number of hydrogen-bond acceptors (Lipinski definition) is 3. The van der Waals surface area contributed by atoms with Gasteiger partial charge in [0.2, 0.25) is 0 Å². The van der Waals surface area contributed by atoms with Gasteiger partial charge in [0.25, 0.3) is 0 Å². The second-order valence-electron chi connectivity index (χ2n) is 4.70. The van der Waals surface area contributed by atoms with E-state index in [9.17, 15) is 5.11 Å². The molecular weight excluding hydrogens is 156 g/mol. The van der Waals surface area contributed by atoms with Gasteiger partial charge in [0.1, 0.15) is 0 Å². The molecule has 0 saturated heterocycles. The van der Waals surface area contributed by atoms with E-state index in [1.807, 2.05) is 0 Å². The van der Waals surface area contributed by atoms with Gasteiger partial charge in [-0.2, -0.15) is 0 Å². The van der Waals surface area contributed by atoms with Crippen molar-refractivity contribution in [1.29, 1.82) is 0 Å². The summed E-state index contributed by atoms with van der Waals surface area (Å²) in [6, 6.07) is 0. The number of aliphatic hydroxyl groups is 3. The molecule has 0 heterocycles. The van der Waals surface area contributed by atoms with E-state index >= 15 is 0 Å². The zero-order valence-corrected chi connectivity index (χ0v) is 8.33. The molecule has 0 fully saturated rings. The van der Waals surface area contributed by atoms with E-state index in [2.05, 4.69) is 0 Å². The van der Waals surface area contributed by atoms with Gasteiger partial charge in [-0.25, -0.2) is 0 Å². The predicted octanol–water partition coefficient (Wildman–Crippen LogP) is 0.384. The van der Waals surface area contributed by atoms with E-state index < -0.39 is 16.9 Å². The lowest BCUT2D eigenvalue weighted by molar-refractivity contribution is -0.0828. The molecule has 3 N–H and O–H groups in total. The Morgan fingerprint density at radius 3 is 1.33 bits per heavy atom. The van der Waals surface area contributed by atoms with Gasteiger partial charge in [0.15, 0.2) is 0 Å². The zero-order chi connectivity index (χ0) is 9.99. The van der Waals surface area contributed by atoms with Crippen molar-refractivity contribution in [3.05, 3.63) is 0 Å². The molecule has 0 unspecified atom stereocenters. The molecular formula is C9H20O3. The van der Waals surface area contributed by atoms with Gasteiger partial charge in [-0.15, -0.1) is 0 Å². The van der Waals surface area contributed by atoms with E-state index in [1.165, 1.54) is 0 Å². The lowest BCUT2D eigenvalue weighted by Gasteiger charge is -2.38. The molecule has 0 aromatic heterocycles. The Morgan fingerprint density at radius 2 is 1.17 bits per heavy atom. The van der Waals surface area contributed by atoms with Gasteiger partial charge >= 0.3 is 0 Å². The summed E-state index contributed by atoms with van der Waals surface area (Å²) in [4.78, 5) is 0. The van der Waals surface area contributed by atoms with Gasteiger partial charge in [-0.1, -0.05) is 27.7 Å². The normalized spacial score (nSPS) is 14.0. The van der Waals surface area contributed by atoms with E-state index in [1.54, 1.807) is 27.7 Å². The third-order valence-electron chi connectivity index (χ3n) is 2.30. The van der Waals surface area contributed by atoms with E-state index in [-0.39, 0.29) is 13.2 Å². The Bertz CT molecular complexity index is 125. The zero-order valence-electron chi connectivity index (χ0n) is 8.33. The fraction of sp³-hybridized carbons (Fsp3) is 1.00. The maximum absolute atomic E-state index is 9.78. The van der Waals surface area contributed by atoms with Crippen molar-refractivity contribution in [1.82, 2.24) is 0 Å². The highest BCUT2D eigenvalue weighted by molar-refractivity contribution is 4.88. The van der Waals surface area contributed by atoms with Crippen molar-refractivity contribution < 1.29 is 15.3 Å². The molecule has 0 spiro atoms. The van der Waals surface area contributed by atoms with Crippen LogP contribution in [0.15, 0.2) is 0 Å². The first kappa shape index (κ1) is 11.9. The van der Waals surface area contributed by atoms with Crippen molar-refractivity contribution in [3.8, 4) is 0 Å². The van der Waals surface area contributed by atoms with Gasteiger partial charge in [-0.3, -0.25) is 0 Å². The fourth-order valence-corrected chi connectivity index (χ4v) is 1.23. The molecule has 0 rings (SSSR count). The number of rotatable bonds is 4. The molecule has 0 bridgehead atoms. The predicted molar refractivity (Wildman–Crippen MR) is 47.7 cm³/mol. The minimum absolute atomic E-state index is 0.0857. The van der Waals surface area contributed by atoms with Crippen LogP contribution in [0, 0.1) is 10.8 Å². The Kier molecular flexibility index (Phi) is 3.69. The van der Waals surface area contributed by atoms with Crippen LogP contribution in [0.4, 0.5) is 0 Å². The first-order valence-electron chi connectivity index (χ1n) is 4.18. The Labute approximate surface area is 74.0 Å². The minimum atomic E-state index is -0.708. The van der Waals surface area contributed by atoms with Crippen LogP contribution in [-0.2, 0) is 0 Å². The SMILES string of the molecule is CC(C)(CO)C(O)C(C)(C)CO. The average Bonchev–Trinajstić information content (AvgIpc) is 2.03. The summed E-state index contributed by atoms with van der Waals surface area (Å²) in [6.07, 6.45) is -0.708. The van der Waals surface area contributed by atoms with Crippen LogP contribution < -0.4 is 0 Å². The highest BCUT2D eigenvalue weighted by Gasteiger charge is 2.38. The summed E-state index contributed by atoms with van der Waals surface area (Å²) >= 11 is 0. The first-order valence-corrected chi connectivity index (χ1v) is 4.18. The highest BCUT2D eigenvalue weighted by atomic mass is 16.3. The van der Waals surface area contributed by atoms with Crippen LogP contribution >= 0.6 is 0 Å². The standard InChI is InChI=1S/C9H20O3/c1-8(2,5-10)7(12)9(3,4)6-11/h7,10-12H,5-6H2,1-4H3. The second-order valence-corrected chi connectivity index (χ2v) is 4.70. The van der Waals surface area contributed by atoms with Crippen LogP contribution in [0.2, 0.25) is 0 Å². The molecule has 0 radical (unpaired) electrons. The molecule has 74 valence electrons. The molecule has 3 nitrogen and oxygen atoms in total. The third kappa shape index (κ3) is 2.44. The molecule has 0 aliphatic carbocycles. The Morgan fingerprint density at radius 1 is 0.917 bits per heavy atom. The topological polar surface area (TPSA) is 60.7 Å². The lowest BCUT2D eigenvalue weighted by Crippen LogP contribution is -2.45. The molecule has 0 atom stereocenters. The summed E-state index contributed by atoms with van der Waals surface area (Å²) in [7, 11) is 0. The molecule has 0 aromatic carbocycles. The van der Waals surface area contributed by atoms with Crippen LogP contribution in [0.25, 0.3) is 0 Å². The second kappa shape index (κ2) is 3.73. The van der Waals surface area contributed by atoms with Crippen molar-refractivity contribution >= 4 is 0 Å². The monoisotopic (exact) mass is 176 g/mol. The lowest BCUT2D eigenvalue weighted by atomic mass is 9.73. The molecule has 0 aliphatic heterocycles. The summed E-state index contributed by atoms with van der Waals surface area (Å²) in [5.41, 5.74) is -1.13. The van der Waals surface area contributed by atoms with Crippen molar-refractivity contribution in [3.63, 3.8) is 0 Å². The molecule has 0 saturated carbocycles. The smallest absolute Gasteiger partial charge is 0.0685 e. The summed E-state index contributed by atoms with van der Waals surface area (Å²) in [5.74, 6) is 0. The molecule has 3 heteroatoms. The maximum atomic E-state index is 9.78. The van der Waals surface area contributed by atoms with Crippen LogP contribution in [0.1, 0.15) is 27.7 Å². The first-order chi connectivity index (χ1) is 5.28. The van der Waals surface area contributed by atoms with Crippen molar-refractivity contribution in [2.75, 3.05) is 13.2 Å². The number of aliphatic hydroxyl groups excluding tert-OH is 3. The van der Waals surface area contributed by atoms with Gasteiger partial charge in [-0.05, 0) is 0 Å². The van der Waals surface area contributed by atoms with E-state index in [4.69, 9.17) is 10.2 Å². The van der Waals surface area contributed by atoms with Crippen molar-refractivity contribution in [2.24, 2.45) is 10.8 Å². The summed E-state index contributed by atoms with van der Waals surface area (Å²) in [6.45, 7) is 6.92. The van der Waals surface area contributed by atoms with Gasteiger partial charge < -0.3 is 15.3 Å². The average molecular weight is 176 g/mol. The molecule has 0 aromatic rings. The number of hydrogen-bond donors (Lipinski definition) is 3. The quantitative estimate of drug-likeness (QED) is 0.580. The van der Waals surface area contributed by atoms with Gasteiger partial charge in [0, 0.05) is 10.8 Å². The Balaban J connectivity index is 4.47. The summed E-state index contributed by atoms with van der Waals surface area (Å²) < 4.78 is 0. The fourth-order valence-electron chi connectivity index (χ4n) is 1.23. The minimum Gasteiger partial charge on any atom is -0.396 e. The summed E-state index contributed by atoms with van der Waals surface area (Å²) in [5, 5.41) is 27.7. The van der Waals surface area contributed by atoms with Crippen molar-refractivity contribution in [2.45, 2.75) is 33.8 Å².